The van der Waals surface area contributed by atoms with Gasteiger partial charge in [-0.3, -0.25) is 14.1 Å². The summed E-state index contributed by atoms with van der Waals surface area (Å²) in [5.41, 5.74) is 0.886. The Morgan fingerprint density at radius 3 is 2.36 bits per heavy atom. The number of aromatic nitrogens is 1. The van der Waals surface area contributed by atoms with Gasteiger partial charge in [0.25, 0.3) is 10.0 Å². The van der Waals surface area contributed by atoms with Crippen LogP contribution in [0.15, 0.2) is 70.4 Å². The molecule has 0 spiro atoms. The standard InChI is InChI=1S/C23H21ClN2O5S2/c1-14(2)26-20-10-9-18(13-22(20)32-23(26)27)33(28,29)25-19-12-15(24)4-11-21(19)31-17-7-5-16(30-3)6-8-17/h4-14,25H,1-3H3. The Labute approximate surface area is 200 Å². The summed E-state index contributed by atoms with van der Waals surface area (Å²) >= 11 is 7.13. The topological polar surface area (TPSA) is 86.6 Å². The van der Waals surface area contributed by atoms with E-state index in [2.05, 4.69) is 4.72 Å². The van der Waals surface area contributed by atoms with Crippen LogP contribution in [0.5, 0.6) is 17.2 Å². The molecule has 0 saturated carbocycles. The zero-order valence-electron chi connectivity index (χ0n) is 18.0. The zero-order chi connectivity index (χ0) is 23.8. The Balaban J connectivity index is 1.67. The van der Waals surface area contributed by atoms with Crippen LogP contribution in [-0.2, 0) is 10.0 Å². The molecule has 0 saturated heterocycles. The number of anilines is 1. The van der Waals surface area contributed by atoms with Crippen molar-refractivity contribution in [2.24, 2.45) is 0 Å². The number of benzene rings is 3. The average Bonchev–Trinajstić information content (AvgIpc) is 3.11. The molecule has 0 bridgehead atoms. The van der Waals surface area contributed by atoms with E-state index in [9.17, 15) is 13.2 Å². The predicted octanol–water partition coefficient (Wildman–Crippen LogP) is 5.90. The van der Waals surface area contributed by atoms with E-state index < -0.39 is 10.0 Å². The van der Waals surface area contributed by atoms with Gasteiger partial charge in [0, 0.05) is 11.1 Å². The van der Waals surface area contributed by atoms with Crippen LogP contribution in [0.25, 0.3) is 10.2 Å². The van der Waals surface area contributed by atoms with E-state index in [1.165, 1.54) is 18.2 Å². The summed E-state index contributed by atoms with van der Waals surface area (Å²) in [5.74, 6) is 1.45. The number of nitrogens with one attached hydrogen (secondary N) is 1. The molecule has 1 N–H and O–H groups in total. The Bertz CT molecular complexity index is 1480. The van der Waals surface area contributed by atoms with Crippen LogP contribution in [0.2, 0.25) is 5.02 Å². The molecule has 1 aromatic heterocycles. The third kappa shape index (κ3) is 4.85. The van der Waals surface area contributed by atoms with Gasteiger partial charge in [-0.15, -0.1) is 0 Å². The number of fused-ring (bicyclic) bond motifs is 1. The molecule has 0 amide bonds. The maximum atomic E-state index is 13.2. The van der Waals surface area contributed by atoms with Crippen molar-refractivity contribution in [1.29, 1.82) is 0 Å². The van der Waals surface area contributed by atoms with Gasteiger partial charge in [0.05, 0.1) is 27.9 Å². The van der Waals surface area contributed by atoms with Crippen molar-refractivity contribution in [3.05, 3.63) is 75.4 Å². The molecule has 0 atom stereocenters. The Hall–Kier alpha value is -3.01. The van der Waals surface area contributed by atoms with Gasteiger partial charge < -0.3 is 9.47 Å². The van der Waals surface area contributed by atoms with E-state index in [1.807, 2.05) is 13.8 Å². The van der Waals surface area contributed by atoms with Crippen molar-refractivity contribution < 1.29 is 17.9 Å². The second-order valence-electron chi connectivity index (χ2n) is 7.48. The molecule has 0 aliphatic carbocycles. The third-order valence-corrected chi connectivity index (χ3v) is 7.40. The SMILES string of the molecule is COc1ccc(Oc2ccc(Cl)cc2NS(=O)(=O)c2ccc3c(c2)sc(=O)n3C(C)C)cc1. The monoisotopic (exact) mass is 504 g/mol. The molecule has 4 aromatic rings. The lowest BCUT2D eigenvalue weighted by atomic mass is 10.3. The summed E-state index contributed by atoms with van der Waals surface area (Å²) in [6, 6.07) is 16.1. The molecule has 1 heterocycles. The Kier molecular flexibility index (Phi) is 6.38. The highest BCUT2D eigenvalue weighted by molar-refractivity contribution is 7.92. The number of nitrogens with zero attached hydrogens (tertiary/aromatic N) is 1. The van der Waals surface area contributed by atoms with Crippen molar-refractivity contribution in [3.63, 3.8) is 0 Å². The smallest absolute Gasteiger partial charge is 0.308 e. The molecule has 0 aliphatic heterocycles. The van der Waals surface area contributed by atoms with Crippen molar-refractivity contribution in [2.45, 2.75) is 24.8 Å². The van der Waals surface area contributed by atoms with Crippen LogP contribution >= 0.6 is 22.9 Å². The number of rotatable bonds is 7. The van der Waals surface area contributed by atoms with Crippen molar-refractivity contribution >= 4 is 48.9 Å². The number of methoxy groups -OCH3 is 1. The van der Waals surface area contributed by atoms with Gasteiger partial charge in [0.2, 0.25) is 0 Å². The van der Waals surface area contributed by atoms with Gasteiger partial charge in [0.15, 0.2) is 5.75 Å². The minimum absolute atomic E-state index is 0.0301. The van der Waals surface area contributed by atoms with Gasteiger partial charge >= 0.3 is 4.87 Å². The summed E-state index contributed by atoms with van der Waals surface area (Å²) in [6.07, 6.45) is 0. The quantitative estimate of drug-likeness (QED) is 0.338. The van der Waals surface area contributed by atoms with E-state index >= 15 is 0 Å². The molecular formula is C23H21ClN2O5S2. The normalized spacial score (nSPS) is 11.7. The van der Waals surface area contributed by atoms with E-state index in [1.54, 1.807) is 54.1 Å². The summed E-state index contributed by atoms with van der Waals surface area (Å²) in [5, 5.41) is 0.345. The minimum Gasteiger partial charge on any atom is -0.497 e. The highest BCUT2D eigenvalue weighted by Crippen LogP contribution is 2.34. The Morgan fingerprint density at radius 2 is 1.70 bits per heavy atom. The number of ether oxygens (including phenoxy) is 2. The van der Waals surface area contributed by atoms with Crippen LogP contribution in [0.1, 0.15) is 19.9 Å². The van der Waals surface area contributed by atoms with E-state index in [0.29, 0.717) is 26.7 Å². The molecule has 33 heavy (non-hydrogen) atoms. The summed E-state index contributed by atoms with van der Waals surface area (Å²) in [7, 11) is -2.42. The van der Waals surface area contributed by atoms with E-state index in [4.69, 9.17) is 21.1 Å². The first-order valence-corrected chi connectivity index (χ1v) is 12.6. The van der Waals surface area contributed by atoms with E-state index in [0.717, 1.165) is 11.3 Å². The number of hydrogen-bond acceptors (Lipinski definition) is 6. The van der Waals surface area contributed by atoms with Gasteiger partial charge in [0.1, 0.15) is 11.5 Å². The summed E-state index contributed by atoms with van der Waals surface area (Å²) in [6.45, 7) is 3.81. The highest BCUT2D eigenvalue weighted by Gasteiger charge is 2.20. The molecule has 3 aromatic carbocycles. The number of hydrogen-bond donors (Lipinski definition) is 1. The highest BCUT2D eigenvalue weighted by atomic mass is 35.5. The predicted molar refractivity (Wildman–Crippen MR) is 132 cm³/mol. The molecule has 0 unspecified atom stereocenters. The fourth-order valence-corrected chi connectivity index (χ4v) is 5.70. The van der Waals surface area contributed by atoms with E-state index in [-0.39, 0.29) is 27.2 Å². The van der Waals surface area contributed by atoms with Crippen LogP contribution in [0.4, 0.5) is 5.69 Å². The molecule has 0 aliphatic rings. The molecular weight excluding hydrogens is 484 g/mol. The minimum atomic E-state index is -3.98. The fraction of sp³-hybridized carbons (Fsp3) is 0.174. The van der Waals surface area contributed by atoms with Crippen molar-refractivity contribution in [1.82, 2.24) is 4.57 Å². The molecule has 0 radical (unpaired) electrons. The largest absolute Gasteiger partial charge is 0.497 e. The van der Waals surface area contributed by atoms with Crippen molar-refractivity contribution in [2.75, 3.05) is 11.8 Å². The molecule has 10 heteroatoms. The lowest BCUT2D eigenvalue weighted by molar-refractivity contribution is 0.413. The Morgan fingerprint density at radius 1 is 1.00 bits per heavy atom. The van der Waals surface area contributed by atoms with Gasteiger partial charge in [-0.1, -0.05) is 22.9 Å². The number of thiazole rings is 1. The number of sulfonamides is 1. The summed E-state index contributed by atoms with van der Waals surface area (Å²) in [4.78, 5) is 12.2. The lowest BCUT2D eigenvalue weighted by Crippen LogP contribution is -2.15. The second-order valence-corrected chi connectivity index (χ2v) is 10.6. The zero-order valence-corrected chi connectivity index (χ0v) is 20.4. The molecule has 4 rings (SSSR count). The third-order valence-electron chi connectivity index (χ3n) is 4.88. The van der Waals surface area contributed by atoms with Gasteiger partial charge in [-0.25, -0.2) is 8.42 Å². The van der Waals surface area contributed by atoms with Crippen LogP contribution in [0, 0.1) is 0 Å². The molecule has 7 nitrogen and oxygen atoms in total. The lowest BCUT2D eigenvalue weighted by Gasteiger charge is -2.14. The molecule has 172 valence electrons. The van der Waals surface area contributed by atoms with Gasteiger partial charge in [-0.05, 0) is 74.5 Å². The maximum Gasteiger partial charge on any atom is 0.308 e. The summed E-state index contributed by atoms with van der Waals surface area (Å²) < 4.78 is 42.1. The maximum absolute atomic E-state index is 13.2. The first kappa shape index (κ1) is 23.2. The van der Waals surface area contributed by atoms with Crippen LogP contribution in [-0.4, -0.2) is 20.1 Å². The first-order chi connectivity index (χ1) is 15.7. The van der Waals surface area contributed by atoms with Crippen LogP contribution < -0.4 is 19.1 Å². The molecule has 0 fully saturated rings. The second kappa shape index (κ2) is 9.09. The van der Waals surface area contributed by atoms with Gasteiger partial charge in [-0.2, -0.15) is 0 Å². The van der Waals surface area contributed by atoms with Crippen LogP contribution in [0.3, 0.4) is 0 Å². The number of halogens is 1. The first-order valence-electron chi connectivity index (χ1n) is 9.97. The van der Waals surface area contributed by atoms with Crippen molar-refractivity contribution in [3.8, 4) is 17.2 Å². The fourth-order valence-electron chi connectivity index (χ4n) is 3.32. The average molecular weight is 505 g/mol.